The van der Waals surface area contributed by atoms with Gasteiger partial charge in [-0.05, 0) is 60.5 Å². The summed E-state index contributed by atoms with van der Waals surface area (Å²) in [5, 5.41) is 0.528. The van der Waals surface area contributed by atoms with Crippen LogP contribution >= 0.6 is 11.6 Å². The lowest BCUT2D eigenvalue weighted by molar-refractivity contribution is 0.0920. The fourth-order valence-electron chi connectivity index (χ4n) is 3.30. The maximum absolute atomic E-state index is 12.8. The summed E-state index contributed by atoms with van der Waals surface area (Å²) in [7, 11) is 1.57. The molecule has 0 aromatic heterocycles. The number of aryl methyl sites for hydroxylation is 1. The van der Waals surface area contributed by atoms with Crippen LogP contribution in [0.25, 0.3) is 6.08 Å². The number of Topliss-reactive ketones (excluding diaryl/α,β-unsaturated/α-hetero) is 2. The van der Waals surface area contributed by atoms with Crippen LogP contribution in [0.4, 0.5) is 0 Å². The zero-order valence-electron chi connectivity index (χ0n) is 17.0. The number of benzene rings is 3. The predicted molar refractivity (Wildman–Crippen MR) is 118 cm³/mol. The molecular weight excluding hydrogens is 416 g/mol. The molecule has 5 nitrogen and oxygen atoms in total. The third kappa shape index (κ3) is 4.32. The van der Waals surface area contributed by atoms with Crippen molar-refractivity contribution in [1.82, 2.24) is 0 Å². The molecular formula is C25H19ClO5. The van der Waals surface area contributed by atoms with Gasteiger partial charge in [-0.15, -0.1) is 0 Å². The van der Waals surface area contributed by atoms with Crippen LogP contribution in [0.5, 0.6) is 17.2 Å². The van der Waals surface area contributed by atoms with Crippen molar-refractivity contribution >= 4 is 29.2 Å². The van der Waals surface area contributed by atoms with Crippen molar-refractivity contribution in [2.75, 3.05) is 13.7 Å². The first-order valence-corrected chi connectivity index (χ1v) is 9.97. The van der Waals surface area contributed by atoms with Gasteiger partial charge >= 0.3 is 0 Å². The van der Waals surface area contributed by atoms with E-state index in [1.807, 2.05) is 12.1 Å². The van der Waals surface area contributed by atoms with Crippen molar-refractivity contribution in [2.45, 2.75) is 6.92 Å². The van der Waals surface area contributed by atoms with Gasteiger partial charge < -0.3 is 14.2 Å². The van der Waals surface area contributed by atoms with Gasteiger partial charge in [0.25, 0.3) is 0 Å². The van der Waals surface area contributed by atoms with E-state index in [9.17, 15) is 9.59 Å². The van der Waals surface area contributed by atoms with Gasteiger partial charge in [0, 0.05) is 16.7 Å². The van der Waals surface area contributed by atoms with Crippen molar-refractivity contribution in [1.29, 1.82) is 0 Å². The maximum Gasteiger partial charge on any atom is 0.232 e. The highest BCUT2D eigenvalue weighted by Gasteiger charge is 2.30. The molecule has 0 fully saturated rings. The minimum atomic E-state index is -0.215. The van der Waals surface area contributed by atoms with E-state index in [2.05, 4.69) is 0 Å². The Labute approximate surface area is 184 Å². The number of halogens is 1. The minimum absolute atomic E-state index is 0.138. The zero-order valence-corrected chi connectivity index (χ0v) is 17.7. The van der Waals surface area contributed by atoms with Gasteiger partial charge in [0.2, 0.25) is 5.78 Å². The van der Waals surface area contributed by atoms with Gasteiger partial charge in [-0.1, -0.05) is 29.8 Å². The highest BCUT2D eigenvalue weighted by atomic mass is 35.5. The van der Waals surface area contributed by atoms with Gasteiger partial charge in [-0.2, -0.15) is 0 Å². The average Bonchev–Trinajstić information content (AvgIpc) is 3.09. The number of hydrogen-bond acceptors (Lipinski definition) is 5. The molecule has 0 N–H and O–H groups in total. The van der Waals surface area contributed by atoms with Crippen molar-refractivity contribution in [3.63, 3.8) is 0 Å². The normalized spacial score (nSPS) is 13.6. The number of fused-ring (bicyclic) bond motifs is 1. The van der Waals surface area contributed by atoms with Gasteiger partial charge in [0.05, 0.1) is 12.7 Å². The van der Waals surface area contributed by atoms with Crippen LogP contribution in [-0.2, 0) is 0 Å². The Morgan fingerprint density at radius 1 is 1.06 bits per heavy atom. The Kier molecular flexibility index (Phi) is 5.78. The van der Waals surface area contributed by atoms with Crippen LogP contribution in [-0.4, -0.2) is 25.3 Å². The monoisotopic (exact) mass is 434 g/mol. The van der Waals surface area contributed by atoms with E-state index in [0.717, 1.165) is 0 Å². The molecule has 4 rings (SSSR count). The molecule has 0 bridgehead atoms. The Balaban J connectivity index is 1.51. The third-order valence-electron chi connectivity index (χ3n) is 4.92. The predicted octanol–water partition coefficient (Wildman–Crippen LogP) is 5.53. The molecule has 1 aliphatic heterocycles. The van der Waals surface area contributed by atoms with Crippen molar-refractivity contribution in [3.8, 4) is 17.2 Å². The number of carbonyl (C=O) groups excluding carboxylic acids is 2. The number of hydrogen-bond donors (Lipinski definition) is 0. The zero-order chi connectivity index (χ0) is 22.0. The summed E-state index contributed by atoms with van der Waals surface area (Å²) in [6.45, 7) is 1.66. The molecule has 3 aromatic rings. The quantitative estimate of drug-likeness (QED) is 0.377. The molecule has 6 heteroatoms. The highest BCUT2D eigenvalue weighted by Crippen LogP contribution is 2.38. The highest BCUT2D eigenvalue weighted by molar-refractivity contribution is 6.32. The van der Waals surface area contributed by atoms with Crippen molar-refractivity contribution < 1.29 is 23.8 Å². The summed E-state index contributed by atoms with van der Waals surface area (Å²) in [5.74, 6) is 1.33. The minimum Gasteiger partial charge on any atom is -0.497 e. The van der Waals surface area contributed by atoms with Gasteiger partial charge in [0.1, 0.15) is 17.2 Å². The lowest BCUT2D eigenvalue weighted by atomic mass is 10.0. The first kappa shape index (κ1) is 20.7. The molecule has 0 radical (unpaired) electrons. The first-order valence-electron chi connectivity index (χ1n) is 9.59. The molecule has 31 heavy (non-hydrogen) atoms. The number of ether oxygens (including phenoxy) is 3. The molecule has 0 spiro atoms. The van der Waals surface area contributed by atoms with Gasteiger partial charge in [-0.25, -0.2) is 0 Å². The number of ketones is 2. The molecule has 0 aliphatic carbocycles. The van der Waals surface area contributed by atoms with E-state index in [0.29, 0.717) is 44.5 Å². The Morgan fingerprint density at radius 2 is 1.81 bits per heavy atom. The largest absolute Gasteiger partial charge is 0.497 e. The molecule has 0 saturated heterocycles. The Morgan fingerprint density at radius 3 is 2.52 bits per heavy atom. The molecule has 0 amide bonds. The summed E-state index contributed by atoms with van der Waals surface area (Å²) >= 11 is 6.19. The van der Waals surface area contributed by atoms with Crippen LogP contribution < -0.4 is 14.2 Å². The van der Waals surface area contributed by atoms with E-state index < -0.39 is 0 Å². The van der Waals surface area contributed by atoms with Crippen LogP contribution in [0.15, 0.2) is 66.4 Å². The lowest BCUT2D eigenvalue weighted by Crippen LogP contribution is -2.11. The van der Waals surface area contributed by atoms with Crippen LogP contribution in [0, 0.1) is 6.92 Å². The third-order valence-corrected chi connectivity index (χ3v) is 5.26. The lowest BCUT2D eigenvalue weighted by Gasteiger charge is -2.09. The van der Waals surface area contributed by atoms with E-state index in [1.54, 1.807) is 68.6 Å². The fraction of sp³-hybridized carbons (Fsp3) is 0.120. The van der Waals surface area contributed by atoms with E-state index >= 15 is 0 Å². The molecule has 0 atom stereocenters. The van der Waals surface area contributed by atoms with E-state index in [-0.39, 0.29) is 23.9 Å². The topological polar surface area (TPSA) is 61.8 Å². The van der Waals surface area contributed by atoms with Gasteiger partial charge in [-0.3, -0.25) is 9.59 Å². The number of allylic oxidation sites excluding steroid dienone is 1. The summed E-state index contributed by atoms with van der Waals surface area (Å²) < 4.78 is 16.6. The van der Waals surface area contributed by atoms with Crippen molar-refractivity contribution in [3.05, 3.63) is 93.7 Å². The summed E-state index contributed by atoms with van der Waals surface area (Å²) in [4.78, 5) is 25.2. The second-order valence-corrected chi connectivity index (χ2v) is 7.42. The van der Waals surface area contributed by atoms with Crippen LogP contribution in [0.3, 0.4) is 0 Å². The smallest absolute Gasteiger partial charge is 0.232 e. The molecule has 1 aliphatic rings. The molecule has 156 valence electrons. The maximum atomic E-state index is 12.8. The molecule has 3 aromatic carbocycles. The summed E-state index contributed by atoms with van der Waals surface area (Å²) in [6, 6.07) is 17.4. The van der Waals surface area contributed by atoms with Gasteiger partial charge in [0.15, 0.2) is 18.1 Å². The molecule has 1 heterocycles. The standard InChI is InChI=1S/C25H19ClO5/c1-15-11-19(30-14-21(27)16-7-9-18(29-2)10-8-16)13-22-24(15)25(28)23(31-22)12-17-5-3-4-6-20(17)26/h3-13H,14H2,1-2H3/b23-12-. The number of carbonyl (C=O) groups is 2. The molecule has 0 saturated carbocycles. The SMILES string of the molecule is COc1ccc(C(=O)COc2cc(C)c3c(c2)O/C(=C\c2ccccc2Cl)C3=O)cc1. The van der Waals surface area contributed by atoms with E-state index in [1.165, 1.54) is 0 Å². The van der Waals surface area contributed by atoms with Crippen molar-refractivity contribution in [2.24, 2.45) is 0 Å². The summed E-state index contributed by atoms with van der Waals surface area (Å²) in [6.07, 6.45) is 1.62. The molecule has 0 unspecified atom stereocenters. The van der Waals surface area contributed by atoms with E-state index in [4.69, 9.17) is 25.8 Å². The summed E-state index contributed by atoms with van der Waals surface area (Å²) in [5.41, 5.74) is 2.40. The number of rotatable bonds is 6. The second-order valence-electron chi connectivity index (χ2n) is 7.01. The van der Waals surface area contributed by atoms with Crippen LogP contribution in [0.1, 0.15) is 31.8 Å². The first-order chi connectivity index (χ1) is 15.0. The van der Waals surface area contributed by atoms with Crippen LogP contribution in [0.2, 0.25) is 5.02 Å². The Bertz CT molecular complexity index is 1200. The number of methoxy groups -OCH3 is 1. The fourth-order valence-corrected chi connectivity index (χ4v) is 3.49. The second kappa shape index (κ2) is 8.66. The Hall–Kier alpha value is -3.57. The average molecular weight is 435 g/mol.